The Morgan fingerprint density at radius 2 is 2.15 bits per heavy atom. The van der Waals surface area contributed by atoms with E-state index in [0.717, 1.165) is 44.5 Å². The van der Waals surface area contributed by atoms with Crippen LogP contribution in [0.15, 0.2) is 35.5 Å². The highest BCUT2D eigenvalue weighted by molar-refractivity contribution is 5.76. The van der Waals surface area contributed by atoms with Gasteiger partial charge in [-0.15, -0.1) is 0 Å². The van der Waals surface area contributed by atoms with Gasteiger partial charge < -0.3 is 9.80 Å². The lowest BCUT2D eigenvalue weighted by molar-refractivity contribution is -0.136. The van der Waals surface area contributed by atoms with Gasteiger partial charge in [-0.1, -0.05) is 0 Å². The van der Waals surface area contributed by atoms with Crippen LogP contribution in [0.1, 0.15) is 25.7 Å². The van der Waals surface area contributed by atoms with Gasteiger partial charge in [-0.05, 0) is 31.7 Å². The van der Waals surface area contributed by atoms with Gasteiger partial charge in [0.05, 0.1) is 11.9 Å². The van der Waals surface area contributed by atoms with Gasteiger partial charge >= 0.3 is 0 Å². The van der Waals surface area contributed by atoms with E-state index in [1.807, 2.05) is 40.8 Å². The maximum absolute atomic E-state index is 12.8. The average Bonchev–Trinajstić information content (AvgIpc) is 3.15. The molecule has 0 bridgehead atoms. The second-order valence-electron chi connectivity index (χ2n) is 6.90. The monoisotopic (exact) mass is 358 g/mol. The number of anilines is 1. The SMILES string of the molecule is CN(C)c1cnn(CC(=O)N2CCCC[C@@H]2CCn2cccn2)c(=O)c1. The van der Waals surface area contributed by atoms with Crippen LogP contribution in [-0.4, -0.2) is 57.1 Å². The predicted octanol–water partition coefficient (Wildman–Crippen LogP) is 0.977. The molecular formula is C18H26N6O2. The lowest BCUT2D eigenvalue weighted by Crippen LogP contribution is -2.46. The van der Waals surface area contributed by atoms with Crippen molar-refractivity contribution < 1.29 is 4.79 Å². The molecule has 26 heavy (non-hydrogen) atoms. The van der Waals surface area contributed by atoms with E-state index in [-0.39, 0.29) is 24.1 Å². The molecule has 1 aliphatic rings. The molecule has 1 atom stereocenters. The third-order valence-electron chi connectivity index (χ3n) is 4.85. The number of carbonyl (C=O) groups is 1. The van der Waals surface area contributed by atoms with E-state index in [1.165, 1.54) is 10.7 Å². The van der Waals surface area contributed by atoms with Crippen molar-refractivity contribution in [3.8, 4) is 0 Å². The molecule has 8 nitrogen and oxygen atoms in total. The van der Waals surface area contributed by atoms with E-state index in [1.54, 1.807) is 12.4 Å². The predicted molar refractivity (Wildman–Crippen MR) is 99.0 cm³/mol. The van der Waals surface area contributed by atoms with Crippen molar-refractivity contribution in [1.82, 2.24) is 24.5 Å². The zero-order valence-corrected chi connectivity index (χ0v) is 15.4. The first kappa shape index (κ1) is 18.2. The van der Waals surface area contributed by atoms with Gasteiger partial charge in [0.2, 0.25) is 5.91 Å². The Morgan fingerprint density at radius 3 is 2.85 bits per heavy atom. The average molecular weight is 358 g/mol. The van der Waals surface area contributed by atoms with Crippen molar-refractivity contribution in [3.05, 3.63) is 41.1 Å². The number of aromatic nitrogens is 4. The van der Waals surface area contributed by atoms with Gasteiger partial charge in [0, 0.05) is 51.7 Å². The molecule has 3 heterocycles. The van der Waals surface area contributed by atoms with Gasteiger partial charge in [-0.25, -0.2) is 4.68 Å². The molecule has 1 aliphatic heterocycles. The fraction of sp³-hybridized carbons (Fsp3) is 0.556. The largest absolute Gasteiger partial charge is 0.376 e. The smallest absolute Gasteiger partial charge is 0.269 e. The Kier molecular flexibility index (Phi) is 5.70. The third-order valence-corrected chi connectivity index (χ3v) is 4.85. The minimum Gasteiger partial charge on any atom is -0.376 e. The molecule has 0 radical (unpaired) electrons. The molecule has 0 unspecified atom stereocenters. The Bertz CT molecular complexity index is 783. The van der Waals surface area contributed by atoms with Gasteiger partial charge in [0.25, 0.3) is 5.56 Å². The van der Waals surface area contributed by atoms with Crippen LogP contribution in [0.2, 0.25) is 0 Å². The lowest BCUT2D eigenvalue weighted by Gasteiger charge is -2.36. The summed E-state index contributed by atoms with van der Waals surface area (Å²) in [6.07, 6.45) is 9.31. The molecule has 2 aromatic heterocycles. The topological polar surface area (TPSA) is 76.3 Å². The first-order valence-corrected chi connectivity index (χ1v) is 9.06. The molecule has 8 heteroatoms. The van der Waals surface area contributed by atoms with Crippen LogP contribution in [0.4, 0.5) is 5.69 Å². The Balaban J connectivity index is 1.65. The number of hydrogen-bond donors (Lipinski definition) is 0. The van der Waals surface area contributed by atoms with Crippen molar-refractivity contribution in [2.75, 3.05) is 25.5 Å². The first-order valence-electron chi connectivity index (χ1n) is 9.06. The van der Waals surface area contributed by atoms with Crippen LogP contribution in [0.25, 0.3) is 0 Å². The van der Waals surface area contributed by atoms with E-state index in [0.29, 0.717) is 0 Å². The van der Waals surface area contributed by atoms with E-state index in [4.69, 9.17) is 0 Å². The standard InChI is InChI=1S/C18H26N6O2/c1-21(2)16-12-17(25)24(20-13-16)14-18(26)23-10-4-3-6-15(23)7-11-22-9-5-8-19-22/h5,8-9,12-13,15H,3-4,6-7,10-11,14H2,1-2H3/t15-/m1/s1. The van der Waals surface area contributed by atoms with E-state index in [2.05, 4.69) is 10.2 Å². The molecular weight excluding hydrogens is 332 g/mol. The maximum atomic E-state index is 12.8. The number of rotatable bonds is 6. The molecule has 0 aromatic carbocycles. The summed E-state index contributed by atoms with van der Waals surface area (Å²) >= 11 is 0. The van der Waals surface area contributed by atoms with Crippen LogP contribution in [0.3, 0.4) is 0 Å². The van der Waals surface area contributed by atoms with Crippen molar-refractivity contribution >= 4 is 11.6 Å². The van der Waals surface area contributed by atoms with Gasteiger partial charge in [0.15, 0.2) is 0 Å². The van der Waals surface area contributed by atoms with Crippen molar-refractivity contribution in [2.24, 2.45) is 0 Å². The number of amides is 1. The Hall–Kier alpha value is -2.64. The van der Waals surface area contributed by atoms with Crippen LogP contribution in [0.5, 0.6) is 0 Å². The van der Waals surface area contributed by atoms with Gasteiger partial charge in [-0.3, -0.25) is 14.3 Å². The highest BCUT2D eigenvalue weighted by atomic mass is 16.2. The van der Waals surface area contributed by atoms with Gasteiger partial charge in [0.1, 0.15) is 6.54 Å². The second kappa shape index (κ2) is 8.16. The molecule has 0 aliphatic carbocycles. The molecule has 1 amide bonds. The Morgan fingerprint density at radius 1 is 1.31 bits per heavy atom. The minimum atomic E-state index is -0.255. The van der Waals surface area contributed by atoms with Crippen LogP contribution >= 0.6 is 0 Å². The summed E-state index contributed by atoms with van der Waals surface area (Å²) in [4.78, 5) is 28.8. The highest BCUT2D eigenvalue weighted by Crippen LogP contribution is 2.20. The summed E-state index contributed by atoms with van der Waals surface area (Å²) in [6.45, 7) is 1.52. The number of likely N-dealkylation sites (tertiary alicyclic amines) is 1. The van der Waals surface area contributed by atoms with Crippen molar-refractivity contribution in [3.63, 3.8) is 0 Å². The molecule has 0 saturated carbocycles. The highest BCUT2D eigenvalue weighted by Gasteiger charge is 2.27. The summed E-state index contributed by atoms with van der Waals surface area (Å²) in [6, 6.07) is 3.60. The van der Waals surface area contributed by atoms with Crippen molar-refractivity contribution in [1.29, 1.82) is 0 Å². The summed E-state index contributed by atoms with van der Waals surface area (Å²) in [7, 11) is 3.70. The minimum absolute atomic E-state index is 0.00912. The number of piperidine rings is 1. The summed E-state index contributed by atoms with van der Waals surface area (Å²) in [5, 5.41) is 8.37. The first-order chi connectivity index (χ1) is 12.5. The quantitative estimate of drug-likeness (QED) is 0.769. The van der Waals surface area contributed by atoms with Crippen LogP contribution in [-0.2, 0) is 17.9 Å². The van der Waals surface area contributed by atoms with Gasteiger partial charge in [-0.2, -0.15) is 10.2 Å². The normalized spacial score (nSPS) is 17.3. The van der Waals surface area contributed by atoms with Crippen LogP contribution in [0, 0.1) is 0 Å². The summed E-state index contributed by atoms with van der Waals surface area (Å²) in [5.41, 5.74) is 0.475. The molecule has 2 aromatic rings. The van der Waals surface area contributed by atoms with E-state index < -0.39 is 0 Å². The number of nitrogens with zero attached hydrogens (tertiary/aromatic N) is 6. The molecule has 3 rings (SSSR count). The summed E-state index contributed by atoms with van der Waals surface area (Å²) in [5.74, 6) is -0.0395. The number of hydrogen-bond acceptors (Lipinski definition) is 5. The fourth-order valence-corrected chi connectivity index (χ4v) is 3.35. The Labute approximate surface area is 153 Å². The summed E-state index contributed by atoms with van der Waals surface area (Å²) < 4.78 is 3.14. The lowest BCUT2D eigenvalue weighted by atomic mass is 9.99. The zero-order chi connectivity index (χ0) is 18.5. The van der Waals surface area contributed by atoms with E-state index >= 15 is 0 Å². The third kappa shape index (κ3) is 4.30. The molecule has 1 saturated heterocycles. The zero-order valence-electron chi connectivity index (χ0n) is 15.4. The molecule has 140 valence electrons. The maximum Gasteiger partial charge on any atom is 0.269 e. The van der Waals surface area contributed by atoms with E-state index in [9.17, 15) is 9.59 Å². The molecule has 0 N–H and O–H groups in total. The fourth-order valence-electron chi connectivity index (χ4n) is 3.35. The molecule has 0 spiro atoms. The number of carbonyl (C=O) groups excluding carboxylic acids is 1. The van der Waals surface area contributed by atoms with Crippen LogP contribution < -0.4 is 10.5 Å². The second-order valence-corrected chi connectivity index (χ2v) is 6.90. The number of aryl methyl sites for hydroxylation is 1. The van der Waals surface area contributed by atoms with Crippen molar-refractivity contribution in [2.45, 2.75) is 44.8 Å². The molecule has 1 fully saturated rings.